The van der Waals surface area contributed by atoms with Gasteiger partial charge in [0, 0.05) is 32.2 Å². The molecule has 1 N–H and O–H groups in total. The highest BCUT2D eigenvalue weighted by molar-refractivity contribution is 5.79. The van der Waals surface area contributed by atoms with Gasteiger partial charge >= 0.3 is 0 Å². The van der Waals surface area contributed by atoms with Crippen LogP contribution in [-0.2, 0) is 16.0 Å². The summed E-state index contributed by atoms with van der Waals surface area (Å²) >= 11 is 0. The van der Waals surface area contributed by atoms with E-state index < -0.39 is 0 Å². The number of hydrogen-bond acceptors (Lipinski definition) is 4. The van der Waals surface area contributed by atoms with Crippen molar-refractivity contribution in [3.8, 4) is 5.75 Å². The van der Waals surface area contributed by atoms with Crippen LogP contribution in [0.5, 0.6) is 5.75 Å². The van der Waals surface area contributed by atoms with E-state index in [1.807, 2.05) is 29.2 Å². The van der Waals surface area contributed by atoms with E-state index in [0.29, 0.717) is 32.1 Å². The maximum Gasteiger partial charge on any atom is 0.234 e. The Hall–Kier alpha value is -2.08. The maximum absolute atomic E-state index is 12.4. The summed E-state index contributed by atoms with van der Waals surface area (Å²) < 4.78 is 5.13. The average molecular weight is 331 g/mol. The molecule has 1 aliphatic carbocycles. The van der Waals surface area contributed by atoms with Gasteiger partial charge in [-0.3, -0.25) is 14.5 Å². The second-order valence-corrected chi connectivity index (χ2v) is 6.52. The number of methoxy groups -OCH3 is 1. The Balaban J connectivity index is 1.41. The number of rotatable bonds is 6. The quantitative estimate of drug-likeness (QED) is 0.832. The van der Waals surface area contributed by atoms with Gasteiger partial charge in [-0.1, -0.05) is 12.1 Å². The van der Waals surface area contributed by atoms with E-state index in [9.17, 15) is 9.59 Å². The molecule has 6 heteroatoms. The van der Waals surface area contributed by atoms with E-state index in [1.165, 1.54) is 0 Å². The number of nitrogens with one attached hydrogen (secondary N) is 1. The van der Waals surface area contributed by atoms with E-state index in [1.54, 1.807) is 7.11 Å². The topological polar surface area (TPSA) is 61.9 Å². The Morgan fingerprint density at radius 3 is 2.38 bits per heavy atom. The lowest BCUT2D eigenvalue weighted by Gasteiger charge is -2.34. The molecule has 24 heavy (non-hydrogen) atoms. The van der Waals surface area contributed by atoms with Crippen LogP contribution in [-0.4, -0.2) is 67.5 Å². The van der Waals surface area contributed by atoms with Gasteiger partial charge in [-0.2, -0.15) is 0 Å². The molecule has 2 fully saturated rings. The summed E-state index contributed by atoms with van der Waals surface area (Å²) in [5.41, 5.74) is 0.993. The van der Waals surface area contributed by atoms with E-state index in [0.717, 1.165) is 37.2 Å². The summed E-state index contributed by atoms with van der Waals surface area (Å²) in [4.78, 5) is 28.2. The van der Waals surface area contributed by atoms with Crippen molar-refractivity contribution in [1.29, 1.82) is 0 Å². The van der Waals surface area contributed by atoms with Gasteiger partial charge in [0.15, 0.2) is 0 Å². The first-order valence-electron chi connectivity index (χ1n) is 8.56. The van der Waals surface area contributed by atoms with Gasteiger partial charge in [0.05, 0.1) is 20.1 Å². The molecule has 2 aliphatic rings. The minimum absolute atomic E-state index is 0.107. The SMILES string of the molecule is COc1ccc(CC(=O)N2CCN(CC(=O)NC3CC3)CC2)cc1. The molecule has 0 bridgehead atoms. The Labute approximate surface area is 142 Å². The molecule has 1 saturated heterocycles. The molecule has 0 spiro atoms. The number of carbonyl (C=O) groups excluding carboxylic acids is 2. The predicted octanol–water partition coefficient (Wildman–Crippen LogP) is 0.661. The van der Waals surface area contributed by atoms with Crippen LogP contribution in [0.25, 0.3) is 0 Å². The minimum Gasteiger partial charge on any atom is -0.497 e. The standard InChI is InChI=1S/C18H25N3O3/c1-24-16-6-2-14(3-7-16)12-18(23)21-10-8-20(9-11-21)13-17(22)19-15-4-5-15/h2-3,6-7,15H,4-5,8-13H2,1H3,(H,19,22). The molecule has 1 heterocycles. The number of benzene rings is 1. The molecule has 0 unspecified atom stereocenters. The smallest absolute Gasteiger partial charge is 0.234 e. The third-order valence-electron chi connectivity index (χ3n) is 4.55. The predicted molar refractivity (Wildman–Crippen MR) is 90.9 cm³/mol. The molecular weight excluding hydrogens is 306 g/mol. The number of nitrogens with zero attached hydrogens (tertiary/aromatic N) is 2. The molecule has 130 valence electrons. The first-order valence-corrected chi connectivity index (χ1v) is 8.56. The summed E-state index contributed by atoms with van der Waals surface area (Å²) in [7, 11) is 1.63. The maximum atomic E-state index is 12.4. The van der Waals surface area contributed by atoms with Crippen LogP contribution in [0.1, 0.15) is 18.4 Å². The molecule has 0 radical (unpaired) electrons. The second kappa shape index (κ2) is 7.66. The largest absolute Gasteiger partial charge is 0.497 e. The van der Waals surface area contributed by atoms with Gasteiger partial charge in [-0.25, -0.2) is 0 Å². The fraction of sp³-hybridized carbons (Fsp3) is 0.556. The van der Waals surface area contributed by atoms with Crippen molar-refractivity contribution >= 4 is 11.8 Å². The van der Waals surface area contributed by atoms with Crippen LogP contribution in [0.15, 0.2) is 24.3 Å². The van der Waals surface area contributed by atoms with E-state index in [-0.39, 0.29) is 11.8 Å². The second-order valence-electron chi connectivity index (χ2n) is 6.52. The molecular formula is C18H25N3O3. The van der Waals surface area contributed by atoms with Crippen molar-refractivity contribution in [2.45, 2.75) is 25.3 Å². The summed E-state index contributed by atoms with van der Waals surface area (Å²) in [6.07, 6.45) is 2.63. The molecule has 2 amide bonds. The van der Waals surface area contributed by atoms with Crippen molar-refractivity contribution in [1.82, 2.24) is 15.1 Å². The number of ether oxygens (including phenoxy) is 1. The number of piperazine rings is 1. The summed E-state index contributed by atoms with van der Waals surface area (Å²) in [5.74, 6) is 1.04. The van der Waals surface area contributed by atoms with Crippen LogP contribution in [0.4, 0.5) is 0 Å². The first-order chi connectivity index (χ1) is 11.6. The normalized spacial score (nSPS) is 18.3. The first kappa shape index (κ1) is 16.8. The zero-order valence-corrected chi connectivity index (χ0v) is 14.2. The van der Waals surface area contributed by atoms with E-state index in [2.05, 4.69) is 10.2 Å². The highest BCUT2D eigenvalue weighted by atomic mass is 16.5. The van der Waals surface area contributed by atoms with Gasteiger partial charge in [0.25, 0.3) is 0 Å². The number of hydrogen-bond donors (Lipinski definition) is 1. The molecule has 6 nitrogen and oxygen atoms in total. The minimum atomic E-state index is 0.107. The van der Waals surface area contributed by atoms with Crippen LogP contribution < -0.4 is 10.1 Å². The van der Waals surface area contributed by atoms with Gasteiger partial charge in [0.2, 0.25) is 11.8 Å². The number of carbonyl (C=O) groups is 2. The Bertz CT molecular complexity index is 576. The van der Waals surface area contributed by atoms with Gasteiger partial charge in [0.1, 0.15) is 5.75 Å². The number of amides is 2. The lowest BCUT2D eigenvalue weighted by molar-refractivity contribution is -0.132. The fourth-order valence-corrected chi connectivity index (χ4v) is 2.89. The zero-order valence-electron chi connectivity index (χ0n) is 14.2. The van der Waals surface area contributed by atoms with Crippen molar-refractivity contribution in [3.05, 3.63) is 29.8 Å². The summed E-state index contributed by atoms with van der Waals surface area (Å²) in [5, 5.41) is 3.01. The van der Waals surface area contributed by atoms with Gasteiger partial charge in [-0.15, -0.1) is 0 Å². The molecule has 1 saturated carbocycles. The van der Waals surface area contributed by atoms with Crippen LogP contribution in [0.3, 0.4) is 0 Å². The van der Waals surface area contributed by atoms with E-state index >= 15 is 0 Å². The van der Waals surface area contributed by atoms with Gasteiger partial charge in [-0.05, 0) is 30.5 Å². The van der Waals surface area contributed by atoms with Crippen molar-refractivity contribution < 1.29 is 14.3 Å². The molecule has 1 aromatic carbocycles. The molecule has 0 atom stereocenters. The lowest BCUT2D eigenvalue weighted by atomic mass is 10.1. The third-order valence-corrected chi connectivity index (χ3v) is 4.55. The van der Waals surface area contributed by atoms with Crippen LogP contribution >= 0.6 is 0 Å². The van der Waals surface area contributed by atoms with Crippen molar-refractivity contribution in [3.63, 3.8) is 0 Å². The highest BCUT2D eigenvalue weighted by Gasteiger charge is 2.26. The third kappa shape index (κ3) is 4.71. The Morgan fingerprint density at radius 1 is 1.12 bits per heavy atom. The summed E-state index contributed by atoms with van der Waals surface area (Å²) in [6.45, 7) is 3.33. The van der Waals surface area contributed by atoms with Crippen LogP contribution in [0, 0.1) is 0 Å². The zero-order chi connectivity index (χ0) is 16.9. The Morgan fingerprint density at radius 2 is 1.79 bits per heavy atom. The highest BCUT2D eigenvalue weighted by Crippen LogP contribution is 2.18. The molecule has 1 aliphatic heterocycles. The van der Waals surface area contributed by atoms with Crippen LogP contribution in [0.2, 0.25) is 0 Å². The monoisotopic (exact) mass is 331 g/mol. The molecule has 0 aromatic heterocycles. The molecule has 1 aromatic rings. The average Bonchev–Trinajstić information content (AvgIpc) is 3.40. The fourth-order valence-electron chi connectivity index (χ4n) is 2.89. The van der Waals surface area contributed by atoms with Gasteiger partial charge < -0.3 is 15.0 Å². The molecule has 3 rings (SSSR count). The lowest BCUT2D eigenvalue weighted by Crippen LogP contribution is -2.51. The summed E-state index contributed by atoms with van der Waals surface area (Å²) in [6, 6.07) is 8.01. The van der Waals surface area contributed by atoms with E-state index in [4.69, 9.17) is 4.74 Å². The van der Waals surface area contributed by atoms with Crippen molar-refractivity contribution in [2.75, 3.05) is 39.8 Å². The van der Waals surface area contributed by atoms with Crippen molar-refractivity contribution in [2.24, 2.45) is 0 Å². The Kier molecular flexibility index (Phi) is 5.35.